The zero-order valence-corrected chi connectivity index (χ0v) is 26.7. The monoisotopic (exact) mass is 610 g/mol. The first-order valence-electron chi connectivity index (χ1n) is 16.4. The van der Waals surface area contributed by atoms with Crippen molar-refractivity contribution < 1.29 is 9.90 Å². The van der Waals surface area contributed by atoms with Gasteiger partial charge in [0, 0.05) is 43.8 Å². The van der Waals surface area contributed by atoms with E-state index in [1.807, 2.05) is 42.7 Å². The van der Waals surface area contributed by atoms with Crippen LogP contribution in [0.25, 0.3) is 11.3 Å². The fourth-order valence-electron chi connectivity index (χ4n) is 7.21. The highest BCUT2D eigenvalue weighted by Crippen LogP contribution is 2.36. The Morgan fingerprint density at radius 1 is 0.804 bits per heavy atom. The van der Waals surface area contributed by atoms with Crippen LogP contribution in [0.3, 0.4) is 0 Å². The van der Waals surface area contributed by atoms with Crippen LogP contribution in [0.4, 0.5) is 0 Å². The predicted molar refractivity (Wildman–Crippen MR) is 182 cm³/mol. The van der Waals surface area contributed by atoms with E-state index < -0.39 is 5.60 Å². The number of piperazine rings is 1. The largest absolute Gasteiger partial charge is 0.386 e. The molecule has 1 aliphatic heterocycles. The van der Waals surface area contributed by atoms with Crippen molar-refractivity contribution >= 4 is 5.91 Å². The number of benzene rings is 4. The normalized spacial score (nSPS) is 17.3. The Kier molecular flexibility index (Phi) is 8.33. The standard InChI is InChI=1S/C40H42N4O2/c1-40(2,46)34-19-17-29(18-20-34)23-36-27-42(26-30-11-5-3-6-12-30)21-22-43(36)39(45)37-38(31-13-7-4-8-14-31)44(28-41-37)35-24-32-15-9-10-16-33(32)25-35/h3-20,28,35-36,46H,21-27H2,1-2H3/t36-/m1/s1. The minimum absolute atomic E-state index is 0.00872. The summed E-state index contributed by atoms with van der Waals surface area (Å²) in [5.41, 5.74) is 7.60. The van der Waals surface area contributed by atoms with Crippen molar-refractivity contribution in [3.63, 3.8) is 0 Å². The van der Waals surface area contributed by atoms with Crippen LogP contribution in [0.1, 0.15) is 58.2 Å². The number of fused-ring (bicyclic) bond motifs is 1. The molecule has 0 spiro atoms. The van der Waals surface area contributed by atoms with Gasteiger partial charge in [-0.15, -0.1) is 0 Å². The minimum Gasteiger partial charge on any atom is -0.386 e. The third kappa shape index (κ3) is 6.28. The predicted octanol–water partition coefficient (Wildman–Crippen LogP) is 6.69. The van der Waals surface area contributed by atoms with Crippen molar-refractivity contribution in [2.24, 2.45) is 0 Å². The number of carbonyl (C=O) groups is 1. The van der Waals surface area contributed by atoms with Crippen LogP contribution in [-0.4, -0.2) is 56.0 Å². The summed E-state index contributed by atoms with van der Waals surface area (Å²) >= 11 is 0. The average molecular weight is 611 g/mol. The number of hydrogen-bond donors (Lipinski definition) is 1. The maximum absolute atomic E-state index is 14.7. The number of carbonyl (C=O) groups excluding carboxylic acids is 1. The Morgan fingerprint density at radius 2 is 1.43 bits per heavy atom. The molecule has 7 rings (SSSR count). The fraction of sp³-hybridized carbons (Fsp3) is 0.300. The molecule has 1 aromatic heterocycles. The van der Waals surface area contributed by atoms with Crippen LogP contribution in [0.5, 0.6) is 0 Å². The van der Waals surface area contributed by atoms with Crippen molar-refractivity contribution in [1.82, 2.24) is 19.4 Å². The van der Waals surface area contributed by atoms with Crippen LogP contribution < -0.4 is 0 Å². The van der Waals surface area contributed by atoms with E-state index in [4.69, 9.17) is 4.98 Å². The van der Waals surface area contributed by atoms with Gasteiger partial charge in [0.2, 0.25) is 0 Å². The van der Waals surface area contributed by atoms with E-state index in [0.717, 1.165) is 61.3 Å². The highest BCUT2D eigenvalue weighted by Gasteiger charge is 2.35. The summed E-state index contributed by atoms with van der Waals surface area (Å²) < 4.78 is 2.25. The summed E-state index contributed by atoms with van der Waals surface area (Å²) in [6, 6.07) is 37.8. The van der Waals surface area contributed by atoms with Crippen LogP contribution >= 0.6 is 0 Å². The maximum atomic E-state index is 14.7. The van der Waals surface area contributed by atoms with Crippen LogP contribution in [0.2, 0.25) is 0 Å². The van der Waals surface area contributed by atoms with Gasteiger partial charge in [0.25, 0.3) is 5.91 Å². The summed E-state index contributed by atoms with van der Waals surface area (Å²) in [7, 11) is 0. The molecule has 4 aromatic carbocycles. The molecule has 1 saturated heterocycles. The zero-order chi connectivity index (χ0) is 31.7. The summed E-state index contributed by atoms with van der Waals surface area (Å²) in [6.45, 7) is 6.66. The molecular weight excluding hydrogens is 568 g/mol. The molecule has 1 amide bonds. The molecule has 234 valence electrons. The molecule has 0 unspecified atom stereocenters. The van der Waals surface area contributed by atoms with E-state index in [1.165, 1.54) is 16.7 Å². The van der Waals surface area contributed by atoms with Crippen LogP contribution in [-0.2, 0) is 31.4 Å². The molecule has 2 aliphatic rings. The minimum atomic E-state index is -0.898. The van der Waals surface area contributed by atoms with E-state index in [9.17, 15) is 9.90 Å². The molecule has 5 aromatic rings. The molecule has 0 radical (unpaired) electrons. The first kappa shape index (κ1) is 30.2. The maximum Gasteiger partial charge on any atom is 0.275 e. The molecule has 46 heavy (non-hydrogen) atoms. The smallest absolute Gasteiger partial charge is 0.275 e. The zero-order valence-electron chi connectivity index (χ0n) is 26.7. The number of aromatic nitrogens is 2. The quantitative estimate of drug-likeness (QED) is 0.213. The third-order valence-electron chi connectivity index (χ3n) is 9.67. The second-order valence-corrected chi connectivity index (χ2v) is 13.4. The van der Waals surface area contributed by atoms with Gasteiger partial charge in [-0.3, -0.25) is 9.69 Å². The van der Waals surface area contributed by atoms with Gasteiger partial charge < -0.3 is 14.6 Å². The third-order valence-corrected chi connectivity index (χ3v) is 9.67. The van der Waals surface area contributed by atoms with Crippen molar-refractivity contribution in [2.75, 3.05) is 19.6 Å². The van der Waals surface area contributed by atoms with Crippen molar-refractivity contribution in [3.05, 3.63) is 149 Å². The first-order valence-corrected chi connectivity index (χ1v) is 16.4. The molecule has 0 bridgehead atoms. The van der Waals surface area contributed by atoms with Gasteiger partial charge in [-0.2, -0.15) is 0 Å². The number of nitrogens with zero attached hydrogens (tertiary/aromatic N) is 4. The average Bonchev–Trinajstić information content (AvgIpc) is 3.70. The number of rotatable bonds is 8. The van der Waals surface area contributed by atoms with E-state index in [1.54, 1.807) is 13.8 Å². The number of hydrogen-bond acceptors (Lipinski definition) is 4. The summed E-state index contributed by atoms with van der Waals surface area (Å²) in [5, 5.41) is 10.5. The van der Waals surface area contributed by atoms with Crippen LogP contribution in [0.15, 0.2) is 116 Å². The van der Waals surface area contributed by atoms with Gasteiger partial charge in [0.05, 0.1) is 17.6 Å². The summed E-state index contributed by atoms with van der Waals surface area (Å²) in [4.78, 5) is 24.1. The Bertz CT molecular complexity index is 1770. The van der Waals surface area contributed by atoms with Crippen molar-refractivity contribution in [3.8, 4) is 11.3 Å². The molecule has 1 atom stereocenters. The fourth-order valence-corrected chi connectivity index (χ4v) is 7.21. The van der Waals surface area contributed by atoms with Gasteiger partial charge in [0.1, 0.15) is 0 Å². The lowest BCUT2D eigenvalue weighted by atomic mass is 9.94. The molecule has 1 N–H and O–H groups in total. The summed E-state index contributed by atoms with van der Waals surface area (Å²) in [5.74, 6) is -0.00872. The first-order chi connectivity index (χ1) is 22.3. The van der Waals surface area contributed by atoms with Gasteiger partial charge in [-0.25, -0.2) is 4.98 Å². The Morgan fingerprint density at radius 3 is 2.09 bits per heavy atom. The molecule has 6 heteroatoms. The molecule has 0 saturated carbocycles. The second kappa shape index (κ2) is 12.7. The lowest BCUT2D eigenvalue weighted by Gasteiger charge is -2.41. The SMILES string of the molecule is CC(C)(O)c1ccc(C[C@@H]2CN(Cc3ccccc3)CCN2C(=O)c2ncn(C3Cc4ccccc4C3)c2-c2ccccc2)cc1. The van der Waals surface area contributed by atoms with Gasteiger partial charge in [0.15, 0.2) is 5.69 Å². The summed E-state index contributed by atoms with van der Waals surface area (Å²) in [6.07, 6.45) is 4.48. The van der Waals surface area contributed by atoms with Gasteiger partial charge in [-0.1, -0.05) is 109 Å². The molecule has 6 nitrogen and oxygen atoms in total. The van der Waals surface area contributed by atoms with E-state index >= 15 is 0 Å². The number of amides is 1. The number of aliphatic hydroxyl groups is 1. The van der Waals surface area contributed by atoms with Crippen LogP contribution in [0, 0.1) is 0 Å². The van der Waals surface area contributed by atoms with E-state index in [2.05, 4.69) is 87.2 Å². The molecule has 1 fully saturated rings. The Hall–Kier alpha value is -4.52. The molecular formula is C40H42N4O2. The van der Waals surface area contributed by atoms with Crippen molar-refractivity contribution in [1.29, 1.82) is 0 Å². The van der Waals surface area contributed by atoms with E-state index in [-0.39, 0.29) is 18.0 Å². The highest BCUT2D eigenvalue weighted by atomic mass is 16.3. The lowest BCUT2D eigenvalue weighted by molar-refractivity contribution is 0.0434. The lowest BCUT2D eigenvalue weighted by Crippen LogP contribution is -2.55. The highest BCUT2D eigenvalue weighted by molar-refractivity contribution is 5.98. The van der Waals surface area contributed by atoms with Gasteiger partial charge in [-0.05, 0) is 60.9 Å². The second-order valence-electron chi connectivity index (χ2n) is 13.4. The van der Waals surface area contributed by atoms with E-state index in [0.29, 0.717) is 12.2 Å². The molecule has 2 heterocycles. The topological polar surface area (TPSA) is 61.6 Å². The van der Waals surface area contributed by atoms with Crippen molar-refractivity contribution in [2.45, 2.75) is 57.3 Å². The van der Waals surface area contributed by atoms with Gasteiger partial charge >= 0.3 is 0 Å². The Balaban J connectivity index is 1.21. The molecule has 1 aliphatic carbocycles. The number of imidazole rings is 1. The Labute approximate surface area is 272 Å².